The number of halogens is 1. The fourth-order valence-electron chi connectivity index (χ4n) is 3.64. The van der Waals surface area contributed by atoms with Crippen LogP contribution < -0.4 is 10.1 Å². The van der Waals surface area contributed by atoms with E-state index in [1.807, 2.05) is 24.3 Å². The van der Waals surface area contributed by atoms with Crippen molar-refractivity contribution in [3.63, 3.8) is 0 Å². The van der Waals surface area contributed by atoms with Gasteiger partial charge in [-0.05, 0) is 35.9 Å². The molecule has 6 nitrogen and oxygen atoms in total. The average Bonchev–Trinajstić information content (AvgIpc) is 3.19. The molecule has 1 saturated heterocycles. The zero-order valence-corrected chi connectivity index (χ0v) is 17.3. The number of hydrogen-bond acceptors (Lipinski definition) is 4. The highest BCUT2D eigenvalue weighted by molar-refractivity contribution is 6.30. The maximum atomic E-state index is 13.0. The molecular weight excluding hydrogens is 392 g/mol. The first kappa shape index (κ1) is 21.1. The first-order valence-electron chi connectivity index (χ1n) is 9.49. The summed E-state index contributed by atoms with van der Waals surface area (Å²) in [5.74, 6) is 0.0946. The van der Waals surface area contributed by atoms with Gasteiger partial charge in [0.05, 0.1) is 19.6 Å². The Morgan fingerprint density at radius 2 is 1.90 bits per heavy atom. The Morgan fingerprint density at radius 3 is 2.55 bits per heavy atom. The number of nitrogens with one attached hydrogen (secondary N) is 1. The van der Waals surface area contributed by atoms with Crippen molar-refractivity contribution in [1.29, 1.82) is 0 Å². The Labute approximate surface area is 175 Å². The molecule has 1 aliphatic rings. The molecule has 0 aromatic heterocycles. The summed E-state index contributed by atoms with van der Waals surface area (Å²) in [7, 11) is 3.20. The van der Waals surface area contributed by atoms with Gasteiger partial charge < -0.3 is 19.7 Å². The summed E-state index contributed by atoms with van der Waals surface area (Å²) in [5.41, 5.74) is 1.52. The molecule has 2 aromatic carbocycles. The van der Waals surface area contributed by atoms with Crippen LogP contribution in [0.25, 0.3) is 0 Å². The van der Waals surface area contributed by atoms with Crippen molar-refractivity contribution in [2.45, 2.75) is 5.92 Å². The number of methoxy groups -OCH3 is 2. The number of hydrogen-bond donors (Lipinski definition) is 1. The fourth-order valence-corrected chi connectivity index (χ4v) is 3.83. The van der Waals surface area contributed by atoms with Crippen LogP contribution in [-0.4, -0.2) is 57.2 Å². The summed E-state index contributed by atoms with van der Waals surface area (Å²) in [6.07, 6.45) is 0. The second kappa shape index (κ2) is 9.76. The van der Waals surface area contributed by atoms with E-state index in [4.69, 9.17) is 21.1 Å². The monoisotopic (exact) mass is 416 g/mol. The average molecular weight is 417 g/mol. The Hall–Kier alpha value is -2.57. The van der Waals surface area contributed by atoms with E-state index in [1.165, 1.54) is 0 Å². The maximum absolute atomic E-state index is 13.0. The van der Waals surface area contributed by atoms with E-state index < -0.39 is 0 Å². The lowest BCUT2D eigenvalue weighted by Gasteiger charge is -2.18. The van der Waals surface area contributed by atoms with Crippen molar-refractivity contribution < 1.29 is 19.1 Å². The molecule has 0 saturated carbocycles. The number of carbonyl (C=O) groups excluding carboxylic acids is 2. The predicted octanol–water partition coefficient (Wildman–Crippen LogP) is 2.97. The molecule has 2 aromatic rings. The Bertz CT molecular complexity index is 856. The van der Waals surface area contributed by atoms with Gasteiger partial charge in [-0.15, -0.1) is 0 Å². The zero-order chi connectivity index (χ0) is 20.8. The molecule has 1 heterocycles. The van der Waals surface area contributed by atoms with Gasteiger partial charge in [-0.2, -0.15) is 0 Å². The lowest BCUT2D eigenvalue weighted by atomic mass is 9.88. The summed E-state index contributed by atoms with van der Waals surface area (Å²) in [4.78, 5) is 27.6. The van der Waals surface area contributed by atoms with Crippen molar-refractivity contribution in [3.05, 3.63) is 64.7 Å². The van der Waals surface area contributed by atoms with Gasteiger partial charge in [0.1, 0.15) is 5.75 Å². The molecule has 1 fully saturated rings. The smallest absolute Gasteiger partial charge is 0.253 e. The molecule has 154 valence electrons. The molecule has 0 radical (unpaired) electrons. The number of rotatable bonds is 7. The predicted molar refractivity (Wildman–Crippen MR) is 111 cm³/mol. The van der Waals surface area contributed by atoms with Crippen molar-refractivity contribution in [2.24, 2.45) is 5.92 Å². The van der Waals surface area contributed by atoms with E-state index >= 15 is 0 Å². The summed E-state index contributed by atoms with van der Waals surface area (Å²) in [6, 6.07) is 14.5. The Balaban J connectivity index is 1.82. The summed E-state index contributed by atoms with van der Waals surface area (Å²) in [6.45, 7) is 1.68. The summed E-state index contributed by atoms with van der Waals surface area (Å²) >= 11 is 6.04. The molecule has 2 unspecified atom stereocenters. The van der Waals surface area contributed by atoms with Crippen LogP contribution in [0.2, 0.25) is 5.02 Å². The van der Waals surface area contributed by atoms with Gasteiger partial charge in [0.25, 0.3) is 5.91 Å². The fraction of sp³-hybridized carbons (Fsp3) is 0.364. The van der Waals surface area contributed by atoms with E-state index in [2.05, 4.69) is 5.32 Å². The highest BCUT2D eigenvalue weighted by Gasteiger charge is 2.40. The van der Waals surface area contributed by atoms with Gasteiger partial charge in [-0.1, -0.05) is 29.8 Å². The van der Waals surface area contributed by atoms with Crippen LogP contribution in [0, 0.1) is 5.92 Å². The minimum Gasteiger partial charge on any atom is -0.497 e. The number of benzene rings is 2. The molecule has 0 bridgehead atoms. The van der Waals surface area contributed by atoms with Gasteiger partial charge in [-0.25, -0.2) is 0 Å². The maximum Gasteiger partial charge on any atom is 0.253 e. The van der Waals surface area contributed by atoms with Crippen LogP contribution >= 0.6 is 11.6 Å². The van der Waals surface area contributed by atoms with Gasteiger partial charge >= 0.3 is 0 Å². The van der Waals surface area contributed by atoms with Crippen molar-refractivity contribution in [2.75, 3.05) is 40.5 Å². The normalized spacial score (nSPS) is 18.5. The molecule has 0 spiro atoms. The third-order valence-electron chi connectivity index (χ3n) is 5.16. The topological polar surface area (TPSA) is 67.9 Å². The van der Waals surface area contributed by atoms with Gasteiger partial charge in [-0.3, -0.25) is 9.59 Å². The minimum atomic E-state index is -0.344. The highest BCUT2D eigenvalue weighted by Crippen LogP contribution is 2.34. The summed E-state index contributed by atoms with van der Waals surface area (Å²) < 4.78 is 10.2. The molecule has 2 atom stereocenters. The number of nitrogens with zero attached hydrogens (tertiary/aromatic N) is 1. The lowest BCUT2D eigenvalue weighted by molar-refractivity contribution is -0.125. The van der Waals surface area contributed by atoms with Crippen molar-refractivity contribution in [3.8, 4) is 5.75 Å². The van der Waals surface area contributed by atoms with E-state index in [9.17, 15) is 9.59 Å². The van der Waals surface area contributed by atoms with Gasteiger partial charge in [0.2, 0.25) is 5.91 Å². The van der Waals surface area contributed by atoms with Gasteiger partial charge in [0.15, 0.2) is 0 Å². The number of carbonyl (C=O) groups is 2. The van der Waals surface area contributed by atoms with Crippen LogP contribution in [-0.2, 0) is 9.53 Å². The molecular formula is C22H25ClN2O4. The number of amides is 2. The largest absolute Gasteiger partial charge is 0.497 e. The number of ether oxygens (including phenoxy) is 2. The van der Waals surface area contributed by atoms with Crippen LogP contribution in [0.1, 0.15) is 21.8 Å². The lowest BCUT2D eigenvalue weighted by Crippen LogP contribution is -2.37. The zero-order valence-electron chi connectivity index (χ0n) is 16.6. The molecule has 29 heavy (non-hydrogen) atoms. The van der Waals surface area contributed by atoms with E-state index in [0.29, 0.717) is 36.8 Å². The Kier molecular flexibility index (Phi) is 7.12. The SMILES string of the molecule is COCCNC(=O)C1CN(C(=O)c2cccc(Cl)c2)CC1c1ccc(OC)cc1. The molecule has 0 aliphatic carbocycles. The molecule has 1 N–H and O–H groups in total. The molecule has 2 amide bonds. The third kappa shape index (κ3) is 5.08. The first-order chi connectivity index (χ1) is 14.0. The van der Waals surface area contributed by atoms with Crippen LogP contribution in [0.3, 0.4) is 0 Å². The molecule has 7 heteroatoms. The Morgan fingerprint density at radius 1 is 1.14 bits per heavy atom. The first-order valence-corrected chi connectivity index (χ1v) is 9.86. The molecule has 3 rings (SSSR count). The minimum absolute atomic E-state index is 0.0794. The second-order valence-corrected chi connectivity index (χ2v) is 7.43. The summed E-state index contributed by atoms with van der Waals surface area (Å²) in [5, 5.41) is 3.42. The van der Waals surface area contributed by atoms with Crippen LogP contribution in [0.15, 0.2) is 48.5 Å². The third-order valence-corrected chi connectivity index (χ3v) is 5.40. The van der Waals surface area contributed by atoms with Crippen LogP contribution in [0.4, 0.5) is 0 Å². The molecule has 1 aliphatic heterocycles. The highest BCUT2D eigenvalue weighted by atomic mass is 35.5. The van der Waals surface area contributed by atoms with Crippen LogP contribution in [0.5, 0.6) is 5.75 Å². The van der Waals surface area contributed by atoms with E-state index in [-0.39, 0.29) is 23.7 Å². The number of likely N-dealkylation sites (tertiary alicyclic amines) is 1. The van der Waals surface area contributed by atoms with E-state index in [1.54, 1.807) is 43.4 Å². The van der Waals surface area contributed by atoms with Crippen molar-refractivity contribution in [1.82, 2.24) is 10.2 Å². The van der Waals surface area contributed by atoms with Crippen molar-refractivity contribution >= 4 is 23.4 Å². The standard InChI is InChI=1S/C22H25ClN2O4/c1-28-11-10-24-21(26)20-14-25(22(27)16-4-3-5-17(23)12-16)13-19(20)15-6-8-18(29-2)9-7-15/h3-9,12,19-20H,10-11,13-14H2,1-2H3,(H,24,26). The quantitative estimate of drug-likeness (QED) is 0.704. The van der Waals surface area contributed by atoms with Gasteiger partial charge in [0, 0.05) is 43.2 Å². The second-order valence-electron chi connectivity index (χ2n) is 6.99. The van der Waals surface area contributed by atoms with E-state index in [0.717, 1.165) is 11.3 Å².